The molecule has 1 fully saturated rings. The standard InChI is InChI=1S/C34H37N5O7/c1-2-34(45)25-16-27-31-20(17-39(27)32(43)24(25)19-46-33(34)44)15-22-23(28(40)8-7-26(22)36-31)18-37-13-9-21(10-14-37)35-29(41)5-3-11-38-12-4-6-30(38)42/h4,6-8,15-16,21,40,45H,2-3,5,9-14,17-19H2,1H3,(H,35,41)/t34-/m0/s1. The summed E-state index contributed by atoms with van der Waals surface area (Å²) in [6.07, 6.45) is 6.07. The van der Waals surface area contributed by atoms with Crippen LogP contribution in [0.1, 0.15) is 61.3 Å². The number of esters is 1. The monoisotopic (exact) mass is 627 g/mol. The number of likely N-dealkylation sites (tertiary alicyclic amines) is 1. The van der Waals surface area contributed by atoms with Gasteiger partial charge in [0.2, 0.25) is 11.8 Å². The van der Waals surface area contributed by atoms with Gasteiger partial charge in [-0.1, -0.05) is 13.0 Å². The summed E-state index contributed by atoms with van der Waals surface area (Å²) >= 11 is 0. The second-order valence-electron chi connectivity index (χ2n) is 12.6. The number of aliphatic hydroxyl groups is 1. The van der Waals surface area contributed by atoms with Crippen LogP contribution in [-0.4, -0.2) is 79.6 Å². The summed E-state index contributed by atoms with van der Waals surface area (Å²) in [5, 5.41) is 26.0. The van der Waals surface area contributed by atoms with Crippen LogP contribution in [0.4, 0.5) is 0 Å². The fourth-order valence-electron chi connectivity index (χ4n) is 7.13. The number of piperidine rings is 1. The zero-order chi connectivity index (χ0) is 32.2. The van der Waals surface area contributed by atoms with Crippen molar-refractivity contribution in [2.45, 2.75) is 70.4 Å². The lowest BCUT2D eigenvalue weighted by molar-refractivity contribution is -0.172. The maximum atomic E-state index is 13.5. The van der Waals surface area contributed by atoms with E-state index in [9.17, 15) is 29.4 Å². The van der Waals surface area contributed by atoms with Crippen LogP contribution >= 0.6 is 0 Å². The molecule has 4 aliphatic rings. The third kappa shape index (κ3) is 5.15. The first-order valence-corrected chi connectivity index (χ1v) is 15.9. The van der Waals surface area contributed by atoms with Crippen LogP contribution in [0.15, 0.2) is 41.2 Å². The van der Waals surface area contributed by atoms with Crippen molar-refractivity contribution in [3.63, 3.8) is 0 Å². The number of phenols is 1. The number of cyclic esters (lactones) is 1. The molecule has 0 aliphatic carbocycles. The fourth-order valence-corrected chi connectivity index (χ4v) is 7.13. The lowest BCUT2D eigenvalue weighted by Gasteiger charge is -2.32. The van der Waals surface area contributed by atoms with Crippen LogP contribution in [0.5, 0.6) is 5.75 Å². The van der Waals surface area contributed by atoms with Gasteiger partial charge in [-0.25, -0.2) is 9.78 Å². The summed E-state index contributed by atoms with van der Waals surface area (Å²) in [5.74, 6) is -0.580. The number of rotatable bonds is 8. The van der Waals surface area contributed by atoms with Crippen molar-refractivity contribution < 1.29 is 29.3 Å². The molecule has 3 aromatic rings. The smallest absolute Gasteiger partial charge is 0.343 e. The number of phenolic OH excluding ortho intramolecular Hbond substituents is 1. The Bertz CT molecular complexity index is 1860. The van der Waals surface area contributed by atoms with Crippen molar-refractivity contribution in [3.8, 4) is 17.1 Å². The minimum atomic E-state index is -1.88. The molecule has 12 heteroatoms. The molecule has 4 aliphatic heterocycles. The molecule has 6 heterocycles. The zero-order valence-corrected chi connectivity index (χ0v) is 25.8. The molecule has 0 bridgehead atoms. The van der Waals surface area contributed by atoms with E-state index in [-0.39, 0.29) is 59.9 Å². The molecular weight excluding hydrogens is 590 g/mol. The number of amides is 2. The van der Waals surface area contributed by atoms with E-state index in [0.29, 0.717) is 49.4 Å². The number of ether oxygens (including phenoxy) is 1. The second-order valence-corrected chi connectivity index (χ2v) is 12.6. The van der Waals surface area contributed by atoms with E-state index in [1.54, 1.807) is 40.7 Å². The summed E-state index contributed by atoms with van der Waals surface area (Å²) in [4.78, 5) is 59.1. The number of nitrogens with zero attached hydrogens (tertiary/aromatic N) is 4. The summed E-state index contributed by atoms with van der Waals surface area (Å²) in [5.41, 5.74) is 1.75. The molecule has 0 radical (unpaired) electrons. The molecule has 12 nitrogen and oxygen atoms in total. The molecule has 1 atom stereocenters. The number of nitrogens with one attached hydrogen (secondary N) is 1. The lowest BCUT2D eigenvalue weighted by Crippen LogP contribution is -2.44. The Hall–Kier alpha value is -4.55. The minimum Gasteiger partial charge on any atom is -0.508 e. The average molecular weight is 628 g/mol. The Morgan fingerprint density at radius 3 is 2.72 bits per heavy atom. The molecule has 1 saturated heterocycles. The molecule has 0 spiro atoms. The highest BCUT2D eigenvalue weighted by Crippen LogP contribution is 2.40. The van der Waals surface area contributed by atoms with Gasteiger partial charge < -0.3 is 29.7 Å². The molecule has 240 valence electrons. The highest BCUT2D eigenvalue weighted by Gasteiger charge is 2.45. The van der Waals surface area contributed by atoms with E-state index in [1.807, 2.05) is 12.1 Å². The molecule has 0 unspecified atom stereocenters. The SMILES string of the molecule is CC[C@@]1(O)C(=O)OCc2c1cc1n(c2=O)Cc2cc3c(CN4CCC(NC(=O)CCCN5CC=CC5=O)CC4)c(O)ccc3nc2-1. The molecular formula is C34H37N5O7. The first-order valence-electron chi connectivity index (χ1n) is 15.9. The maximum Gasteiger partial charge on any atom is 0.343 e. The number of aromatic nitrogens is 2. The number of carbonyl (C=O) groups is 3. The zero-order valence-electron chi connectivity index (χ0n) is 25.8. The van der Waals surface area contributed by atoms with Crippen molar-refractivity contribution in [1.82, 2.24) is 24.7 Å². The number of hydrogen-bond acceptors (Lipinski definition) is 9. The predicted molar refractivity (Wildman–Crippen MR) is 168 cm³/mol. The largest absolute Gasteiger partial charge is 0.508 e. The van der Waals surface area contributed by atoms with E-state index in [1.165, 1.54) is 0 Å². The summed E-state index contributed by atoms with van der Waals surface area (Å²) in [6.45, 7) is 4.97. The third-order valence-electron chi connectivity index (χ3n) is 9.84. The van der Waals surface area contributed by atoms with Gasteiger partial charge in [-0.05, 0) is 49.9 Å². The predicted octanol–water partition coefficient (Wildman–Crippen LogP) is 2.04. The van der Waals surface area contributed by atoms with E-state index < -0.39 is 11.6 Å². The Morgan fingerprint density at radius 2 is 1.98 bits per heavy atom. The van der Waals surface area contributed by atoms with Crippen molar-refractivity contribution in [1.29, 1.82) is 0 Å². The number of carbonyl (C=O) groups excluding carboxylic acids is 3. The topological polar surface area (TPSA) is 154 Å². The van der Waals surface area contributed by atoms with Gasteiger partial charge in [0.15, 0.2) is 5.60 Å². The number of aromatic hydroxyl groups is 1. The Labute approximate surface area is 265 Å². The van der Waals surface area contributed by atoms with Crippen LogP contribution < -0.4 is 10.9 Å². The van der Waals surface area contributed by atoms with Crippen LogP contribution in [0.25, 0.3) is 22.3 Å². The molecule has 3 N–H and O–H groups in total. The first-order chi connectivity index (χ1) is 22.2. The van der Waals surface area contributed by atoms with Crippen LogP contribution in [0.3, 0.4) is 0 Å². The van der Waals surface area contributed by atoms with Crippen molar-refractivity contribution >= 4 is 28.7 Å². The van der Waals surface area contributed by atoms with Crippen molar-refractivity contribution in [2.24, 2.45) is 0 Å². The highest BCUT2D eigenvalue weighted by atomic mass is 16.6. The van der Waals surface area contributed by atoms with Crippen LogP contribution in [0.2, 0.25) is 0 Å². The van der Waals surface area contributed by atoms with Gasteiger partial charge in [0.05, 0.1) is 29.0 Å². The van der Waals surface area contributed by atoms with E-state index in [0.717, 1.165) is 42.4 Å². The maximum absolute atomic E-state index is 13.5. The summed E-state index contributed by atoms with van der Waals surface area (Å²) in [7, 11) is 0. The van der Waals surface area contributed by atoms with Gasteiger partial charge in [-0.15, -0.1) is 0 Å². The minimum absolute atomic E-state index is 0.00373. The van der Waals surface area contributed by atoms with Crippen LogP contribution in [0, 0.1) is 0 Å². The van der Waals surface area contributed by atoms with Gasteiger partial charge >= 0.3 is 5.97 Å². The number of hydrogen-bond donors (Lipinski definition) is 3. The molecule has 7 rings (SSSR count). The molecule has 1 aromatic carbocycles. The van der Waals surface area contributed by atoms with Crippen LogP contribution in [-0.2, 0) is 44.4 Å². The van der Waals surface area contributed by atoms with E-state index in [4.69, 9.17) is 9.72 Å². The fraction of sp³-hybridized carbons (Fsp3) is 0.441. The van der Waals surface area contributed by atoms with Gasteiger partial charge in [-0.2, -0.15) is 0 Å². The normalized spacial score (nSPS) is 21.0. The number of fused-ring (bicyclic) bond motifs is 5. The Balaban J connectivity index is 1.05. The quantitative estimate of drug-likeness (QED) is 0.249. The van der Waals surface area contributed by atoms with Gasteiger partial charge in [0.1, 0.15) is 12.4 Å². The van der Waals surface area contributed by atoms with Crippen molar-refractivity contribution in [2.75, 3.05) is 26.2 Å². The molecule has 2 aromatic heterocycles. The Morgan fingerprint density at radius 1 is 1.17 bits per heavy atom. The summed E-state index contributed by atoms with van der Waals surface area (Å²) in [6, 6.07) is 7.15. The Kier molecular flexibility index (Phi) is 7.64. The van der Waals surface area contributed by atoms with Gasteiger partial charge in [0.25, 0.3) is 5.56 Å². The third-order valence-corrected chi connectivity index (χ3v) is 9.84. The molecule has 0 saturated carbocycles. The van der Waals surface area contributed by atoms with Gasteiger partial charge in [0, 0.05) is 73.3 Å². The first kappa shape index (κ1) is 30.1. The highest BCUT2D eigenvalue weighted by molar-refractivity contribution is 5.90. The molecule has 46 heavy (non-hydrogen) atoms. The lowest BCUT2D eigenvalue weighted by atomic mass is 9.86. The van der Waals surface area contributed by atoms with E-state index >= 15 is 0 Å². The number of benzene rings is 1. The number of pyridine rings is 2. The van der Waals surface area contributed by atoms with Gasteiger partial charge in [-0.3, -0.25) is 19.3 Å². The van der Waals surface area contributed by atoms with E-state index in [2.05, 4.69) is 10.2 Å². The summed E-state index contributed by atoms with van der Waals surface area (Å²) < 4.78 is 6.77. The average Bonchev–Trinajstić information content (AvgIpc) is 3.63. The van der Waals surface area contributed by atoms with Crippen molar-refractivity contribution in [3.05, 3.63) is 69.0 Å². The second kappa shape index (κ2) is 11.7. The molecule has 2 amide bonds.